The van der Waals surface area contributed by atoms with Gasteiger partial charge in [-0.2, -0.15) is 5.26 Å². The van der Waals surface area contributed by atoms with Crippen molar-refractivity contribution >= 4 is 26.9 Å². The number of hydrogen-bond acceptors (Lipinski definition) is 7. The van der Waals surface area contributed by atoms with Gasteiger partial charge in [0.15, 0.2) is 0 Å². The zero-order valence-electron chi connectivity index (χ0n) is 19.4. The number of pyridine rings is 1. The van der Waals surface area contributed by atoms with Crippen LogP contribution in [0.5, 0.6) is 0 Å². The highest BCUT2D eigenvalue weighted by atomic mass is 32.2. The summed E-state index contributed by atoms with van der Waals surface area (Å²) in [7, 11) is -1.08. The largest absolute Gasteiger partial charge is 0.354 e. The fourth-order valence-corrected chi connectivity index (χ4v) is 6.44. The van der Waals surface area contributed by atoms with Gasteiger partial charge in [-0.15, -0.1) is 0 Å². The van der Waals surface area contributed by atoms with Crippen LogP contribution in [0, 0.1) is 11.3 Å². The Morgan fingerprint density at radius 1 is 1.06 bits per heavy atom. The van der Waals surface area contributed by atoms with Gasteiger partial charge in [-0.05, 0) is 44.9 Å². The van der Waals surface area contributed by atoms with E-state index in [0.717, 1.165) is 68.7 Å². The average Bonchev–Trinajstić information content (AvgIpc) is 3.16. The number of sulfonamides is 1. The Balaban J connectivity index is 1.26. The van der Waals surface area contributed by atoms with E-state index >= 15 is 0 Å². The summed E-state index contributed by atoms with van der Waals surface area (Å²) in [5.41, 5.74) is 1.61. The fraction of sp³-hybridized carbons (Fsp3) is 0.652. The fourth-order valence-electron chi connectivity index (χ4n) is 5.56. The lowest BCUT2D eigenvalue weighted by atomic mass is 9.87. The molecule has 1 saturated carbocycles. The van der Waals surface area contributed by atoms with Crippen LogP contribution in [0.25, 0.3) is 11.0 Å². The summed E-state index contributed by atoms with van der Waals surface area (Å²) in [6, 6.07) is 7.82. The maximum absolute atomic E-state index is 11.8. The molecule has 33 heavy (non-hydrogen) atoms. The van der Waals surface area contributed by atoms with E-state index < -0.39 is 10.0 Å². The topological polar surface area (TPSA) is 97.5 Å². The monoisotopic (exact) mass is 471 g/mol. The number of piperidine rings is 1. The number of nitrogens with zero attached hydrogens (tertiary/aromatic N) is 6. The Bertz CT molecular complexity index is 1150. The molecular formula is C23H33N7O2S. The van der Waals surface area contributed by atoms with Crippen molar-refractivity contribution in [1.82, 2.24) is 24.1 Å². The Morgan fingerprint density at radius 2 is 1.76 bits per heavy atom. The molecule has 0 radical (unpaired) electrons. The van der Waals surface area contributed by atoms with E-state index in [2.05, 4.69) is 25.8 Å². The van der Waals surface area contributed by atoms with E-state index in [9.17, 15) is 13.7 Å². The molecule has 4 heterocycles. The quantitative estimate of drug-likeness (QED) is 0.704. The molecule has 1 N–H and O–H groups in total. The molecule has 0 atom stereocenters. The number of piperazine rings is 1. The Labute approximate surface area is 196 Å². The van der Waals surface area contributed by atoms with Gasteiger partial charge < -0.3 is 14.8 Å². The van der Waals surface area contributed by atoms with E-state index in [1.807, 2.05) is 25.4 Å². The minimum absolute atomic E-state index is 0.393. The van der Waals surface area contributed by atoms with Gasteiger partial charge in [0.1, 0.15) is 17.5 Å². The van der Waals surface area contributed by atoms with Crippen molar-refractivity contribution < 1.29 is 8.42 Å². The lowest BCUT2D eigenvalue weighted by Crippen LogP contribution is -2.53. The third-order valence-electron chi connectivity index (χ3n) is 7.75. The van der Waals surface area contributed by atoms with Crippen molar-refractivity contribution in [3.05, 3.63) is 23.9 Å². The molecule has 0 aromatic carbocycles. The van der Waals surface area contributed by atoms with Gasteiger partial charge in [0.2, 0.25) is 10.0 Å². The van der Waals surface area contributed by atoms with E-state index in [-0.39, 0.29) is 0 Å². The van der Waals surface area contributed by atoms with Crippen LogP contribution in [0.3, 0.4) is 0 Å². The Morgan fingerprint density at radius 3 is 2.36 bits per heavy atom. The second kappa shape index (κ2) is 8.87. The highest BCUT2D eigenvalue weighted by Gasteiger charge is 2.32. The van der Waals surface area contributed by atoms with Gasteiger partial charge in [-0.25, -0.2) is 17.7 Å². The first-order chi connectivity index (χ1) is 15.9. The molecule has 2 aromatic rings. The summed E-state index contributed by atoms with van der Waals surface area (Å²) >= 11 is 0. The van der Waals surface area contributed by atoms with Gasteiger partial charge in [-0.3, -0.25) is 4.90 Å². The van der Waals surface area contributed by atoms with Crippen LogP contribution in [-0.4, -0.2) is 91.8 Å². The van der Waals surface area contributed by atoms with Crippen LogP contribution in [0.15, 0.2) is 18.3 Å². The predicted octanol–water partition coefficient (Wildman–Crippen LogP) is 1.38. The highest BCUT2D eigenvalue weighted by Crippen LogP contribution is 2.36. The van der Waals surface area contributed by atoms with Crippen LogP contribution in [0.2, 0.25) is 0 Å². The number of nitrogens with one attached hydrogen (secondary N) is 1. The molecule has 3 fully saturated rings. The first-order valence-electron chi connectivity index (χ1n) is 11.9. The van der Waals surface area contributed by atoms with Crippen molar-refractivity contribution in [2.45, 2.75) is 43.8 Å². The molecule has 5 rings (SSSR count). The first-order valence-corrected chi connectivity index (χ1v) is 13.7. The molecule has 2 aromatic heterocycles. The lowest BCUT2D eigenvalue weighted by Gasteiger charge is -2.42. The molecule has 0 unspecified atom stereocenters. The minimum Gasteiger partial charge on any atom is -0.354 e. The summed E-state index contributed by atoms with van der Waals surface area (Å²) in [4.78, 5) is 9.87. The van der Waals surface area contributed by atoms with Gasteiger partial charge in [0.05, 0.1) is 11.8 Å². The molecule has 0 spiro atoms. The molecular weight excluding hydrogens is 438 g/mol. The molecule has 0 bridgehead atoms. The number of nitriles is 1. The van der Waals surface area contributed by atoms with Crippen LogP contribution in [0.4, 0.5) is 5.82 Å². The Kier molecular flexibility index (Phi) is 6.07. The molecule has 2 saturated heterocycles. The third kappa shape index (κ3) is 4.35. The summed E-state index contributed by atoms with van der Waals surface area (Å²) in [6.07, 6.45) is 7.20. The standard InChI is InChI=1S/C23H33N7O2S/c1-25-18-13-20(14-18)30-16-17(15-24)21-3-4-22(26-23(21)30)28-11-9-27(10-12-28)19-5-7-29(8-6-19)33(2,31)32/h3-4,16,18-20,25H,5-14H2,1-2H3. The van der Waals surface area contributed by atoms with E-state index in [1.54, 1.807) is 4.31 Å². The molecule has 2 aliphatic heterocycles. The molecule has 0 amide bonds. The summed E-state index contributed by atoms with van der Waals surface area (Å²) in [6.45, 7) is 4.97. The van der Waals surface area contributed by atoms with Crippen molar-refractivity contribution in [1.29, 1.82) is 5.26 Å². The SMILES string of the molecule is CNC1CC(n2cc(C#N)c3ccc(N4CCN(C5CCN(S(C)(=O)=O)CC5)CC4)nc32)C1. The first kappa shape index (κ1) is 22.6. The van der Waals surface area contributed by atoms with E-state index in [0.29, 0.717) is 36.8 Å². The number of aromatic nitrogens is 2. The lowest BCUT2D eigenvalue weighted by molar-refractivity contribution is 0.132. The maximum atomic E-state index is 11.8. The molecule has 9 nitrogen and oxygen atoms in total. The Hall–Kier alpha value is -2.19. The normalized spacial score (nSPS) is 25.8. The highest BCUT2D eigenvalue weighted by molar-refractivity contribution is 7.88. The van der Waals surface area contributed by atoms with Crippen LogP contribution in [0.1, 0.15) is 37.3 Å². The van der Waals surface area contributed by atoms with Gasteiger partial charge in [-0.1, -0.05) is 0 Å². The van der Waals surface area contributed by atoms with Crippen molar-refractivity contribution in [2.75, 3.05) is 57.5 Å². The van der Waals surface area contributed by atoms with E-state index in [1.165, 1.54) is 6.26 Å². The van der Waals surface area contributed by atoms with Crippen molar-refractivity contribution in [3.63, 3.8) is 0 Å². The summed E-state index contributed by atoms with van der Waals surface area (Å²) in [5, 5.41) is 13.9. The average molecular weight is 472 g/mol. The molecule has 3 aliphatic rings. The number of rotatable bonds is 5. The van der Waals surface area contributed by atoms with Crippen LogP contribution >= 0.6 is 0 Å². The van der Waals surface area contributed by atoms with Gasteiger partial charge in [0.25, 0.3) is 0 Å². The van der Waals surface area contributed by atoms with Gasteiger partial charge in [0, 0.05) is 69.0 Å². The predicted molar refractivity (Wildman–Crippen MR) is 129 cm³/mol. The second-order valence-corrected chi connectivity index (χ2v) is 11.6. The summed E-state index contributed by atoms with van der Waals surface area (Å²) in [5.74, 6) is 0.974. The molecule has 1 aliphatic carbocycles. The second-order valence-electron chi connectivity index (χ2n) is 9.63. The van der Waals surface area contributed by atoms with Crippen molar-refractivity contribution in [3.8, 4) is 6.07 Å². The molecule has 178 valence electrons. The zero-order valence-corrected chi connectivity index (χ0v) is 20.3. The molecule has 10 heteroatoms. The van der Waals surface area contributed by atoms with Gasteiger partial charge >= 0.3 is 0 Å². The maximum Gasteiger partial charge on any atom is 0.211 e. The zero-order chi connectivity index (χ0) is 23.2. The third-order valence-corrected chi connectivity index (χ3v) is 9.05. The number of anilines is 1. The smallest absolute Gasteiger partial charge is 0.211 e. The minimum atomic E-state index is -3.08. The van der Waals surface area contributed by atoms with Crippen LogP contribution < -0.4 is 10.2 Å². The number of fused-ring (bicyclic) bond motifs is 1. The summed E-state index contributed by atoms with van der Waals surface area (Å²) < 4.78 is 27.4. The van der Waals surface area contributed by atoms with E-state index in [4.69, 9.17) is 4.98 Å². The number of hydrogen-bond donors (Lipinski definition) is 1. The van der Waals surface area contributed by atoms with Crippen LogP contribution in [-0.2, 0) is 10.0 Å². The van der Waals surface area contributed by atoms with Crippen molar-refractivity contribution in [2.24, 2.45) is 0 Å².